The fourth-order valence-corrected chi connectivity index (χ4v) is 2.96. The number of likely N-dealkylation sites (tertiary alicyclic amines) is 1. The number of hydrogen-bond acceptors (Lipinski definition) is 3. The van der Waals surface area contributed by atoms with Gasteiger partial charge in [-0.3, -0.25) is 4.79 Å². The van der Waals surface area contributed by atoms with Gasteiger partial charge in [-0.15, -0.1) is 0 Å². The number of ether oxygens (including phenoxy) is 1. The summed E-state index contributed by atoms with van der Waals surface area (Å²) in [4.78, 5) is 14.5. The van der Waals surface area contributed by atoms with Crippen LogP contribution >= 0.6 is 0 Å². The lowest BCUT2D eigenvalue weighted by atomic mass is 9.85. The Labute approximate surface area is 120 Å². The highest BCUT2D eigenvalue weighted by Crippen LogP contribution is 2.31. The molecule has 3 unspecified atom stereocenters. The van der Waals surface area contributed by atoms with E-state index in [1.54, 1.807) is 12.1 Å². The zero-order valence-electron chi connectivity index (χ0n) is 12.6. The number of carbonyl (C=O) groups excluding carboxylic acids is 1. The van der Waals surface area contributed by atoms with Crippen molar-refractivity contribution in [2.75, 3.05) is 13.7 Å². The molecule has 20 heavy (non-hydrogen) atoms. The molecule has 1 aliphatic heterocycles. The molecule has 1 amide bonds. The van der Waals surface area contributed by atoms with E-state index in [2.05, 4.69) is 20.8 Å². The predicted molar refractivity (Wildman–Crippen MR) is 78.1 cm³/mol. The second kappa shape index (κ2) is 5.73. The van der Waals surface area contributed by atoms with Crippen molar-refractivity contribution in [3.8, 4) is 11.5 Å². The number of hydrogen-bond donors (Lipinski definition) is 1. The number of methoxy groups -OCH3 is 1. The minimum atomic E-state index is -0.101. The van der Waals surface area contributed by atoms with E-state index in [1.165, 1.54) is 13.2 Å². The Morgan fingerprint density at radius 3 is 2.65 bits per heavy atom. The largest absolute Gasteiger partial charge is 0.507 e. The third-order valence-corrected chi connectivity index (χ3v) is 4.29. The molecular weight excluding hydrogens is 254 g/mol. The first-order valence-corrected chi connectivity index (χ1v) is 7.12. The number of rotatable bonds is 2. The molecule has 4 nitrogen and oxygen atoms in total. The van der Waals surface area contributed by atoms with Crippen molar-refractivity contribution < 1.29 is 14.6 Å². The van der Waals surface area contributed by atoms with Gasteiger partial charge >= 0.3 is 0 Å². The molecule has 1 N–H and O–H groups in total. The number of phenolic OH excluding ortho intramolecular Hbond substituents is 1. The van der Waals surface area contributed by atoms with Crippen LogP contribution in [-0.2, 0) is 0 Å². The number of amides is 1. The lowest BCUT2D eigenvalue weighted by molar-refractivity contribution is 0.0453. The molecule has 3 atom stereocenters. The topological polar surface area (TPSA) is 49.8 Å². The summed E-state index contributed by atoms with van der Waals surface area (Å²) in [6.07, 6.45) is 1.14. The van der Waals surface area contributed by atoms with Crippen molar-refractivity contribution in [3.05, 3.63) is 23.8 Å². The summed E-state index contributed by atoms with van der Waals surface area (Å²) in [5, 5.41) is 10.0. The summed E-state index contributed by atoms with van der Waals surface area (Å²) in [5.74, 6) is 1.39. The molecule has 1 heterocycles. The van der Waals surface area contributed by atoms with Crippen LogP contribution in [0.25, 0.3) is 0 Å². The van der Waals surface area contributed by atoms with Gasteiger partial charge in [0, 0.05) is 18.7 Å². The Bertz CT molecular complexity index is 500. The molecule has 0 radical (unpaired) electrons. The normalized spacial score (nSPS) is 26.4. The number of benzene rings is 1. The van der Waals surface area contributed by atoms with Gasteiger partial charge in [-0.25, -0.2) is 0 Å². The van der Waals surface area contributed by atoms with Gasteiger partial charge in [0.15, 0.2) is 0 Å². The SMILES string of the molecule is COc1ccc(C(=O)N2CC(C)CC(C)C2C)c(O)c1. The number of piperidine rings is 1. The van der Waals surface area contributed by atoms with Crippen LogP contribution in [0.3, 0.4) is 0 Å². The van der Waals surface area contributed by atoms with Crippen LogP contribution in [0.15, 0.2) is 18.2 Å². The molecule has 0 aliphatic carbocycles. The van der Waals surface area contributed by atoms with Crippen LogP contribution in [0.1, 0.15) is 37.6 Å². The molecule has 110 valence electrons. The van der Waals surface area contributed by atoms with Crippen molar-refractivity contribution in [3.63, 3.8) is 0 Å². The van der Waals surface area contributed by atoms with E-state index >= 15 is 0 Å². The van der Waals surface area contributed by atoms with Gasteiger partial charge in [-0.2, -0.15) is 0 Å². The standard InChI is InChI=1S/C16H23NO3/c1-10-7-11(2)12(3)17(9-10)16(19)14-6-5-13(20-4)8-15(14)18/h5-6,8,10-12,18H,7,9H2,1-4H3. The highest BCUT2D eigenvalue weighted by atomic mass is 16.5. The smallest absolute Gasteiger partial charge is 0.257 e. The van der Waals surface area contributed by atoms with Crippen molar-refractivity contribution in [1.82, 2.24) is 4.90 Å². The molecule has 1 aromatic rings. The molecular formula is C16H23NO3. The first-order valence-electron chi connectivity index (χ1n) is 7.12. The van der Waals surface area contributed by atoms with Crippen molar-refractivity contribution in [1.29, 1.82) is 0 Å². The maximum Gasteiger partial charge on any atom is 0.257 e. The molecule has 1 saturated heterocycles. The van der Waals surface area contributed by atoms with Crippen LogP contribution in [-0.4, -0.2) is 35.6 Å². The minimum absolute atomic E-state index is 0.0209. The zero-order chi connectivity index (χ0) is 14.9. The summed E-state index contributed by atoms with van der Waals surface area (Å²) in [6.45, 7) is 7.16. The van der Waals surface area contributed by atoms with Crippen LogP contribution < -0.4 is 4.74 Å². The molecule has 4 heteroatoms. The van der Waals surface area contributed by atoms with Crippen molar-refractivity contribution in [2.24, 2.45) is 11.8 Å². The first kappa shape index (κ1) is 14.7. The second-order valence-corrected chi connectivity index (χ2v) is 5.90. The molecule has 1 aromatic carbocycles. The van der Waals surface area contributed by atoms with E-state index in [0.29, 0.717) is 23.1 Å². The van der Waals surface area contributed by atoms with Crippen LogP contribution in [0.2, 0.25) is 0 Å². The number of phenols is 1. The molecule has 1 aliphatic rings. The molecule has 0 aromatic heterocycles. The Balaban J connectivity index is 2.26. The van der Waals surface area contributed by atoms with Gasteiger partial charge < -0.3 is 14.7 Å². The van der Waals surface area contributed by atoms with E-state index in [1.807, 2.05) is 4.90 Å². The van der Waals surface area contributed by atoms with Gasteiger partial charge in [-0.05, 0) is 37.3 Å². The highest BCUT2D eigenvalue weighted by Gasteiger charge is 2.33. The van der Waals surface area contributed by atoms with E-state index in [4.69, 9.17) is 4.74 Å². The number of carbonyl (C=O) groups is 1. The summed E-state index contributed by atoms with van der Waals surface area (Å²) >= 11 is 0. The molecule has 1 fully saturated rings. The Kier molecular flexibility index (Phi) is 4.21. The zero-order valence-corrected chi connectivity index (χ0v) is 12.6. The summed E-state index contributed by atoms with van der Waals surface area (Å²) in [5.41, 5.74) is 0.346. The average molecular weight is 277 g/mol. The first-order chi connectivity index (χ1) is 9.43. The summed E-state index contributed by atoms with van der Waals surface area (Å²) < 4.78 is 5.05. The second-order valence-electron chi connectivity index (χ2n) is 5.90. The highest BCUT2D eigenvalue weighted by molar-refractivity contribution is 5.97. The van der Waals surface area contributed by atoms with Crippen molar-refractivity contribution in [2.45, 2.75) is 33.2 Å². The van der Waals surface area contributed by atoms with Gasteiger partial charge in [-0.1, -0.05) is 13.8 Å². The summed E-state index contributed by atoms with van der Waals surface area (Å²) in [7, 11) is 1.53. The molecule has 0 bridgehead atoms. The average Bonchev–Trinajstić information content (AvgIpc) is 2.41. The monoisotopic (exact) mass is 277 g/mol. The molecule has 2 rings (SSSR count). The number of aromatic hydroxyl groups is 1. The third kappa shape index (κ3) is 2.74. The van der Waals surface area contributed by atoms with Gasteiger partial charge in [0.25, 0.3) is 5.91 Å². The summed E-state index contributed by atoms with van der Waals surface area (Å²) in [6, 6.07) is 5.01. The number of nitrogens with zero attached hydrogens (tertiary/aromatic N) is 1. The van der Waals surface area contributed by atoms with Crippen LogP contribution in [0.5, 0.6) is 11.5 Å². The van der Waals surface area contributed by atoms with E-state index in [-0.39, 0.29) is 17.7 Å². The van der Waals surface area contributed by atoms with Crippen molar-refractivity contribution >= 4 is 5.91 Å². The quantitative estimate of drug-likeness (QED) is 0.904. The lowest BCUT2D eigenvalue weighted by Gasteiger charge is -2.41. The van der Waals surface area contributed by atoms with Gasteiger partial charge in [0.1, 0.15) is 11.5 Å². The molecule has 0 spiro atoms. The Morgan fingerprint density at radius 1 is 1.35 bits per heavy atom. The minimum Gasteiger partial charge on any atom is -0.507 e. The fraction of sp³-hybridized carbons (Fsp3) is 0.562. The van der Waals surface area contributed by atoms with Crippen LogP contribution in [0, 0.1) is 11.8 Å². The van der Waals surface area contributed by atoms with E-state index in [0.717, 1.165) is 13.0 Å². The van der Waals surface area contributed by atoms with E-state index in [9.17, 15) is 9.90 Å². The Hall–Kier alpha value is -1.71. The third-order valence-electron chi connectivity index (χ3n) is 4.29. The van der Waals surface area contributed by atoms with E-state index < -0.39 is 0 Å². The fourth-order valence-electron chi connectivity index (χ4n) is 2.96. The Morgan fingerprint density at radius 2 is 2.05 bits per heavy atom. The van der Waals surface area contributed by atoms with Gasteiger partial charge in [0.2, 0.25) is 0 Å². The predicted octanol–water partition coefficient (Wildman–Crippen LogP) is 2.91. The van der Waals surface area contributed by atoms with Gasteiger partial charge in [0.05, 0.1) is 12.7 Å². The maximum absolute atomic E-state index is 12.6. The maximum atomic E-state index is 12.6. The molecule has 0 saturated carbocycles. The van der Waals surface area contributed by atoms with Crippen LogP contribution in [0.4, 0.5) is 0 Å². The lowest BCUT2D eigenvalue weighted by Crippen LogP contribution is -2.48.